The molecule has 0 atom stereocenters. The number of aromatic nitrogens is 1. The molecule has 0 spiro atoms. The minimum absolute atomic E-state index is 0.202. The summed E-state index contributed by atoms with van der Waals surface area (Å²) in [5.41, 5.74) is 1.31. The third-order valence-corrected chi connectivity index (χ3v) is 6.10. The molecule has 2 N–H and O–H groups in total. The molecule has 142 valence electrons. The van der Waals surface area contributed by atoms with E-state index < -0.39 is 7.75 Å². The van der Waals surface area contributed by atoms with Crippen molar-refractivity contribution in [2.75, 3.05) is 18.4 Å². The van der Waals surface area contributed by atoms with Crippen molar-refractivity contribution >= 4 is 35.0 Å². The monoisotopic (exact) mass is 396 g/mol. The Morgan fingerprint density at radius 2 is 1.96 bits per heavy atom. The molecule has 0 saturated heterocycles. The fourth-order valence-corrected chi connectivity index (χ4v) is 4.86. The molecule has 0 fully saturated rings. The maximum Gasteiger partial charge on any atom is 0.406 e. The van der Waals surface area contributed by atoms with Gasteiger partial charge in [0.25, 0.3) is 0 Å². The standard InChI is InChI=1S/C17H25N4O3PS/c1-12(2)23-25(22,24-13(3)4)21-8-5-7-19-16-14(10-18)11-20-17-15(16)6-9-26-17/h6,9,11-13H,5,7-8H2,1-4H3,(H,19,20)(H,21,22). The Hall–Kier alpha value is -1.49. The average Bonchev–Trinajstić information content (AvgIpc) is 3.01. The molecule has 0 saturated carbocycles. The topological polar surface area (TPSA) is 96.3 Å². The number of hydrogen-bond acceptors (Lipinski definition) is 7. The van der Waals surface area contributed by atoms with Crippen LogP contribution < -0.4 is 10.4 Å². The van der Waals surface area contributed by atoms with E-state index in [1.165, 1.54) is 11.3 Å². The van der Waals surface area contributed by atoms with Crippen LogP contribution in [0.5, 0.6) is 0 Å². The van der Waals surface area contributed by atoms with Crippen molar-refractivity contribution in [2.24, 2.45) is 0 Å². The summed E-state index contributed by atoms with van der Waals surface area (Å²) in [7, 11) is -3.33. The first-order valence-corrected chi connectivity index (χ1v) is 11.0. The van der Waals surface area contributed by atoms with E-state index >= 15 is 0 Å². The third-order valence-electron chi connectivity index (χ3n) is 3.27. The van der Waals surface area contributed by atoms with E-state index in [0.29, 0.717) is 25.1 Å². The van der Waals surface area contributed by atoms with Crippen LogP contribution in [-0.2, 0) is 13.6 Å². The first kappa shape index (κ1) is 20.8. The summed E-state index contributed by atoms with van der Waals surface area (Å²) in [5.74, 6) is 0. The molecule has 0 amide bonds. The number of nitrogens with one attached hydrogen (secondary N) is 2. The van der Waals surface area contributed by atoms with Gasteiger partial charge in [-0.3, -0.25) is 9.05 Å². The molecule has 2 heterocycles. The van der Waals surface area contributed by atoms with Crippen molar-refractivity contribution in [1.29, 1.82) is 5.26 Å². The first-order chi connectivity index (χ1) is 12.3. The lowest BCUT2D eigenvalue weighted by atomic mass is 10.2. The van der Waals surface area contributed by atoms with Gasteiger partial charge in [-0.2, -0.15) is 5.26 Å². The van der Waals surface area contributed by atoms with Gasteiger partial charge < -0.3 is 5.32 Å². The van der Waals surface area contributed by atoms with Crippen LogP contribution in [0.25, 0.3) is 10.2 Å². The summed E-state index contributed by atoms with van der Waals surface area (Å²) in [6.45, 7) is 8.34. The van der Waals surface area contributed by atoms with Gasteiger partial charge >= 0.3 is 7.75 Å². The van der Waals surface area contributed by atoms with E-state index in [4.69, 9.17) is 9.05 Å². The smallest absolute Gasteiger partial charge is 0.383 e. The molecular weight excluding hydrogens is 371 g/mol. The number of rotatable bonds is 10. The van der Waals surface area contributed by atoms with Gasteiger partial charge in [-0.15, -0.1) is 11.3 Å². The number of pyridine rings is 1. The number of fused-ring (bicyclic) bond motifs is 1. The molecule has 2 aromatic heterocycles. The second kappa shape index (κ2) is 9.45. The normalized spacial score (nSPS) is 12.0. The van der Waals surface area contributed by atoms with Gasteiger partial charge in [-0.1, -0.05) is 0 Å². The Labute approximate surface area is 158 Å². The molecule has 0 aliphatic carbocycles. The predicted molar refractivity (Wildman–Crippen MR) is 105 cm³/mol. The molecule has 0 aliphatic heterocycles. The summed E-state index contributed by atoms with van der Waals surface area (Å²) in [5, 5.41) is 18.4. The summed E-state index contributed by atoms with van der Waals surface area (Å²) < 4.78 is 23.6. The van der Waals surface area contributed by atoms with Crippen molar-refractivity contribution in [2.45, 2.75) is 46.3 Å². The molecule has 0 bridgehead atoms. The van der Waals surface area contributed by atoms with Gasteiger partial charge in [-0.25, -0.2) is 14.6 Å². The van der Waals surface area contributed by atoms with Gasteiger partial charge in [0, 0.05) is 24.7 Å². The number of nitriles is 1. The fourth-order valence-electron chi connectivity index (χ4n) is 2.37. The largest absolute Gasteiger partial charge is 0.406 e. The van der Waals surface area contributed by atoms with Crippen molar-refractivity contribution < 1.29 is 13.6 Å². The maximum absolute atomic E-state index is 12.7. The Balaban J connectivity index is 1.91. The highest BCUT2D eigenvalue weighted by Crippen LogP contribution is 2.46. The van der Waals surface area contributed by atoms with Crippen LogP contribution in [0.4, 0.5) is 5.69 Å². The van der Waals surface area contributed by atoms with Crippen LogP contribution in [-0.4, -0.2) is 30.3 Å². The Bertz CT molecular complexity index is 802. The molecule has 7 nitrogen and oxygen atoms in total. The lowest BCUT2D eigenvalue weighted by Gasteiger charge is -2.23. The average molecular weight is 396 g/mol. The summed E-state index contributed by atoms with van der Waals surface area (Å²) >= 11 is 1.54. The molecular formula is C17H25N4O3PS. The number of anilines is 1. The van der Waals surface area contributed by atoms with E-state index in [0.717, 1.165) is 15.9 Å². The van der Waals surface area contributed by atoms with Gasteiger partial charge in [0.05, 0.1) is 23.5 Å². The van der Waals surface area contributed by atoms with Crippen LogP contribution in [0.3, 0.4) is 0 Å². The highest BCUT2D eigenvalue weighted by Gasteiger charge is 2.26. The zero-order valence-electron chi connectivity index (χ0n) is 15.5. The zero-order chi connectivity index (χ0) is 19.2. The fraction of sp³-hybridized carbons (Fsp3) is 0.529. The van der Waals surface area contributed by atoms with Crippen molar-refractivity contribution in [3.05, 3.63) is 23.2 Å². The van der Waals surface area contributed by atoms with Crippen LogP contribution in [0, 0.1) is 11.3 Å². The van der Waals surface area contributed by atoms with E-state index in [2.05, 4.69) is 21.5 Å². The summed E-state index contributed by atoms with van der Waals surface area (Å²) in [6.07, 6.45) is 1.87. The maximum atomic E-state index is 12.7. The molecule has 0 radical (unpaired) electrons. The van der Waals surface area contributed by atoms with Gasteiger partial charge in [0.2, 0.25) is 0 Å². The third kappa shape index (κ3) is 5.76. The number of nitrogens with zero attached hydrogens (tertiary/aromatic N) is 2. The minimum atomic E-state index is -3.33. The quantitative estimate of drug-likeness (QED) is 0.450. The summed E-state index contributed by atoms with van der Waals surface area (Å²) in [4.78, 5) is 5.17. The Kier molecular flexibility index (Phi) is 7.56. The highest BCUT2D eigenvalue weighted by atomic mass is 32.1. The van der Waals surface area contributed by atoms with Crippen LogP contribution in [0.2, 0.25) is 0 Å². The molecule has 2 rings (SSSR count). The van der Waals surface area contributed by atoms with Gasteiger partial charge in [0.1, 0.15) is 10.9 Å². The minimum Gasteiger partial charge on any atom is -0.383 e. The SMILES string of the molecule is CC(C)OP(=O)(NCCCNc1c(C#N)cnc2sccc12)OC(C)C. The first-order valence-electron chi connectivity index (χ1n) is 8.57. The van der Waals surface area contributed by atoms with E-state index in [9.17, 15) is 9.83 Å². The lowest BCUT2D eigenvalue weighted by Crippen LogP contribution is -2.22. The van der Waals surface area contributed by atoms with E-state index in [1.807, 2.05) is 39.1 Å². The molecule has 0 aromatic carbocycles. The number of hydrogen-bond donors (Lipinski definition) is 2. The zero-order valence-corrected chi connectivity index (χ0v) is 17.2. The van der Waals surface area contributed by atoms with Crippen molar-refractivity contribution in [3.8, 4) is 6.07 Å². The van der Waals surface area contributed by atoms with Crippen LogP contribution >= 0.6 is 19.1 Å². The second-order valence-electron chi connectivity index (χ2n) is 6.29. The van der Waals surface area contributed by atoms with Gasteiger partial charge in [0.15, 0.2) is 0 Å². The Morgan fingerprint density at radius 3 is 2.58 bits per heavy atom. The molecule has 0 aliphatic rings. The molecule has 2 aromatic rings. The highest BCUT2D eigenvalue weighted by molar-refractivity contribution is 7.51. The number of thiophene rings is 1. The lowest BCUT2D eigenvalue weighted by molar-refractivity contribution is 0.135. The van der Waals surface area contributed by atoms with E-state index in [1.54, 1.807) is 6.20 Å². The van der Waals surface area contributed by atoms with Gasteiger partial charge in [-0.05, 0) is 45.6 Å². The second-order valence-corrected chi connectivity index (χ2v) is 8.92. The van der Waals surface area contributed by atoms with Crippen molar-refractivity contribution in [3.63, 3.8) is 0 Å². The van der Waals surface area contributed by atoms with E-state index in [-0.39, 0.29) is 12.2 Å². The van der Waals surface area contributed by atoms with Crippen LogP contribution in [0.1, 0.15) is 39.7 Å². The molecule has 26 heavy (non-hydrogen) atoms. The van der Waals surface area contributed by atoms with Crippen LogP contribution in [0.15, 0.2) is 17.6 Å². The molecule has 0 unspecified atom stereocenters. The summed E-state index contributed by atoms with van der Waals surface area (Å²) in [6, 6.07) is 4.12. The Morgan fingerprint density at radius 1 is 1.27 bits per heavy atom. The predicted octanol–water partition coefficient (Wildman–Crippen LogP) is 4.52. The van der Waals surface area contributed by atoms with Crippen molar-refractivity contribution in [1.82, 2.24) is 10.1 Å². The molecule has 9 heteroatoms.